The van der Waals surface area contributed by atoms with E-state index in [2.05, 4.69) is 29.2 Å². The minimum absolute atomic E-state index is 0.701. The first-order chi connectivity index (χ1) is 7.83. The van der Waals surface area contributed by atoms with E-state index in [9.17, 15) is 0 Å². The van der Waals surface area contributed by atoms with Crippen LogP contribution in [0.5, 0.6) is 0 Å². The van der Waals surface area contributed by atoms with Gasteiger partial charge in [0.05, 0.1) is 0 Å². The fourth-order valence-electron chi connectivity index (χ4n) is 1.72. The smallest absolute Gasteiger partial charge is 0.243 e. The molecule has 0 aliphatic heterocycles. The van der Waals surface area contributed by atoms with Crippen LogP contribution in [0, 0.1) is 5.92 Å². The Hall–Kier alpha value is -1.58. The van der Waals surface area contributed by atoms with Crippen LogP contribution in [-0.2, 0) is 0 Å². The van der Waals surface area contributed by atoms with E-state index in [-0.39, 0.29) is 0 Å². The van der Waals surface area contributed by atoms with Gasteiger partial charge in [0.15, 0.2) is 5.65 Å². The van der Waals surface area contributed by atoms with Crippen LogP contribution in [0.1, 0.15) is 26.7 Å². The third kappa shape index (κ3) is 2.32. The molecular weight excluding hydrogens is 200 g/mol. The van der Waals surface area contributed by atoms with E-state index in [0.717, 1.165) is 18.1 Å². The summed E-state index contributed by atoms with van der Waals surface area (Å²) in [7, 11) is 0. The Morgan fingerprint density at radius 3 is 2.81 bits per heavy atom. The van der Waals surface area contributed by atoms with Crippen molar-refractivity contribution in [3.63, 3.8) is 0 Å². The van der Waals surface area contributed by atoms with Crippen LogP contribution in [0.2, 0.25) is 0 Å². The van der Waals surface area contributed by atoms with Crippen molar-refractivity contribution in [1.29, 1.82) is 0 Å². The molecule has 0 bridgehead atoms. The van der Waals surface area contributed by atoms with E-state index < -0.39 is 0 Å². The first-order valence-corrected chi connectivity index (χ1v) is 5.88. The van der Waals surface area contributed by atoms with Crippen molar-refractivity contribution in [2.24, 2.45) is 5.92 Å². The van der Waals surface area contributed by atoms with E-state index in [1.165, 1.54) is 12.8 Å². The molecule has 16 heavy (non-hydrogen) atoms. The van der Waals surface area contributed by atoms with Gasteiger partial charge in [-0.05, 0) is 18.1 Å². The number of nitrogens with zero attached hydrogens (tertiary/aromatic N) is 3. The average Bonchev–Trinajstić information content (AvgIpc) is 2.73. The Morgan fingerprint density at radius 2 is 2.12 bits per heavy atom. The molecule has 0 aliphatic carbocycles. The number of rotatable bonds is 5. The van der Waals surface area contributed by atoms with Gasteiger partial charge in [0.2, 0.25) is 5.95 Å². The zero-order valence-corrected chi connectivity index (χ0v) is 9.85. The number of hydrogen-bond acceptors (Lipinski definition) is 3. The predicted molar refractivity (Wildman–Crippen MR) is 65.5 cm³/mol. The number of anilines is 1. The maximum atomic E-state index is 4.39. The molecule has 0 spiro atoms. The SMILES string of the molecule is CCC(CC)CNc1nc2ccccn2n1. The zero-order valence-electron chi connectivity index (χ0n) is 9.85. The van der Waals surface area contributed by atoms with Gasteiger partial charge in [-0.15, -0.1) is 5.10 Å². The molecular formula is C12H18N4. The maximum absolute atomic E-state index is 4.39. The Balaban J connectivity index is 2.04. The highest BCUT2D eigenvalue weighted by Crippen LogP contribution is 2.09. The van der Waals surface area contributed by atoms with Gasteiger partial charge in [-0.2, -0.15) is 4.98 Å². The van der Waals surface area contributed by atoms with E-state index in [4.69, 9.17) is 0 Å². The van der Waals surface area contributed by atoms with Crippen LogP contribution in [0.25, 0.3) is 5.65 Å². The highest BCUT2D eigenvalue weighted by molar-refractivity contribution is 5.42. The van der Waals surface area contributed by atoms with Gasteiger partial charge in [-0.25, -0.2) is 4.52 Å². The van der Waals surface area contributed by atoms with Crippen LogP contribution in [-0.4, -0.2) is 21.1 Å². The largest absolute Gasteiger partial charge is 0.353 e. The van der Waals surface area contributed by atoms with Gasteiger partial charge in [-0.3, -0.25) is 0 Å². The summed E-state index contributed by atoms with van der Waals surface area (Å²) in [5, 5.41) is 7.64. The van der Waals surface area contributed by atoms with Gasteiger partial charge >= 0.3 is 0 Å². The van der Waals surface area contributed by atoms with E-state index >= 15 is 0 Å². The summed E-state index contributed by atoms with van der Waals surface area (Å²) < 4.78 is 1.79. The first kappa shape index (κ1) is 10.9. The molecule has 0 unspecified atom stereocenters. The molecule has 0 saturated carbocycles. The molecule has 0 aliphatic rings. The predicted octanol–water partition coefficient (Wildman–Crippen LogP) is 2.58. The zero-order chi connectivity index (χ0) is 11.4. The van der Waals surface area contributed by atoms with Crippen LogP contribution in [0.15, 0.2) is 24.4 Å². The molecule has 0 amide bonds. The maximum Gasteiger partial charge on any atom is 0.243 e. The molecule has 0 aromatic carbocycles. The summed E-state index contributed by atoms with van der Waals surface area (Å²) in [5.41, 5.74) is 0.884. The van der Waals surface area contributed by atoms with Crippen LogP contribution >= 0.6 is 0 Å². The topological polar surface area (TPSA) is 42.2 Å². The second-order valence-corrected chi connectivity index (χ2v) is 4.00. The van der Waals surface area contributed by atoms with Crippen molar-refractivity contribution in [1.82, 2.24) is 14.6 Å². The molecule has 2 heterocycles. The van der Waals surface area contributed by atoms with E-state index in [1.807, 2.05) is 24.4 Å². The lowest BCUT2D eigenvalue weighted by Crippen LogP contribution is -2.13. The molecule has 0 fully saturated rings. The summed E-state index contributed by atoms with van der Waals surface area (Å²) in [6.45, 7) is 5.38. The number of fused-ring (bicyclic) bond motifs is 1. The van der Waals surface area contributed by atoms with Gasteiger partial charge in [0, 0.05) is 12.7 Å². The normalized spacial score (nSPS) is 11.2. The summed E-state index contributed by atoms with van der Waals surface area (Å²) >= 11 is 0. The summed E-state index contributed by atoms with van der Waals surface area (Å²) in [6, 6.07) is 5.87. The van der Waals surface area contributed by atoms with E-state index in [1.54, 1.807) is 4.52 Å². The fourth-order valence-corrected chi connectivity index (χ4v) is 1.72. The molecule has 86 valence electrons. The molecule has 2 aromatic heterocycles. The minimum Gasteiger partial charge on any atom is -0.353 e. The van der Waals surface area contributed by atoms with Crippen molar-refractivity contribution < 1.29 is 0 Å². The highest BCUT2D eigenvalue weighted by atomic mass is 15.3. The average molecular weight is 218 g/mol. The second-order valence-electron chi connectivity index (χ2n) is 4.00. The standard InChI is InChI=1S/C12H18N4/c1-3-10(4-2)9-13-12-14-11-7-5-6-8-16(11)15-12/h5-8,10H,3-4,9H2,1-2H3,(H,13,15). The van der Waals surface area contributed by atoms with Crippen LogP contribution in [0.3, 0.4) is 0 Å². The monoisotopic (exact) mass is 218 g/mol. The fraction of sp³-hybridized carbons (Fsp3) is 0.500. The van der Waals surface area contributed by atoms with Gasteiger partial charge in [-0.1, -0.05) is 32.8 Å². The summed E-state index contributed by atoms with van der Waals surface area (Å²) in [6.07, 6.45) is 4.29. The van der Waals surface area contributed by atoms with Gasteiger partial charge in [0.25, 0.3) is 0 Å². The lowest BCUT2D eigenvalue weighted by molar-refractivity contribution is 0.517. The van der Waals surface area contributed by atoms with Crippen molar-refractivity contribution in [2.45, 2.75) is 26.7 Å². The highest BCUT2D eigenvalue weighted by Gasteiger charge is 2.06. The van der Waals surface area contributed by atoms with Crippen molar-refractivity contribution >= 4 is 11.6 Å². The Kier molecular flexibility index (Phi) is 3.39. The van der Waals surface area contributed by atoms with Crippen molar-refractivity contribution in [2.75, 3.05) is 11.9 Å². The number of hydrogen-bond donors (Lipinski definition) is 1. The molecule has 4 heteroatoms. The summed E-state index contributed by atoms with van der Waals surface area (Å²) in [5.74, 6) is 1.42. The second kappa shape index (κ2) is 4.96. The third-order valence-electron chi connectivity index (χ3n) is 2.94. The van der Waals surface area contributed by atoms with Gasteiger partial charge in [0.1, 0.15) is 0 Å². The van der Waals surface area contributed by atoms with Crippen molar-refractivity contribution in [3.05, 3.63) is 24.4 Å². The number of aromatic nitrogens is 3. The molecule has 0 atom stereocenters. The third-order valence-corrected chi connectivity index (χ3v) is 2.94. The molecule has 4 nitrogen and oxygen atoms in total. The molecule has 2 rings (SSSR count). The molecule has 0 radical (unpaired) electrons. The molecule has 1 N–H and O–H groups in total. The Labute approximate surface area is 95.7 Å². The molecule has 2 aromatic rings. The van der Waals surface area contributed by atoms with Crippen LogP contribution in [0.4, 0.5) is 5.95 Å². The minimum atomic E-state index is 0.701. The quantitative estimate of drug-likeness (QED) is 0.838. The van der Waals surface area contributed by atoms with E-state index in [0.29, 0.717) is 5.92 Å². The molecule has 0 saturated heterocycles. The summed E-state index contributed by atoms with van der Waals surface area (Å²) in [4.78, 5) is 4.39. The first-order valence-electron chi connectivity index (χ1n) is 5.88. The number of pyridine rings is 1. The number of nitrogens with one attached hydrogen (secondary N) is 1. The Bertz CT molecular complexity index is 412. The van der Waals surface area contributed by atoms with Crippen LogP contribution < -0.4 is 5.32 Å². The lowest BCUT2D eigenvalue weighted by atomic mass is 10.0. The van der Waals surface area contributed by atoms with Crippen molar-refractivity contribution in [3.8, 4) is 0 Å². The Morgan fingerprint density at radius 1 is 1.31 bits per heavy atom. The lowest BCUT2D eigenvalue weighted by Gasteiger charge is -2.11. The van der Waals surface area contributed by atoms with Gasteiger partial charge < -0.3 is 5.32 Å².